The van der Waals surface area contributed by atoms with Crippen LogP contribution in [0.2, 0.25) is 0 Å². The molecule has 1 aliphatic heterocycles. The molecule has 114 valence electrons. The molecule has 0 unspecified atom stereocenters. The maximum atomic E-state index is 12.8. The summed E-state index contributed by atoms with van der Waals surface area (Å²) < 4.78 is 65.8. The van der Waals surface area contributed by atoms with Crippen LogP contribution in [0.4, 0.5) is 13.2 Å². The fraction of sp³-hybridized carbons (Fsp3) is 0.818. The van der Waals surface area contributed by atoms with Gasteiger partial charge in [-0.3, -0.25) is 0 Å². The first-order valence-electron chi connectivity index (χ1n) is 6.10. The van der Waals surface area contributed by atoms with Crippen LogP contribution in [0.1, 0.15) is 37.9 Å². The van der Waals surface area contributed by atoms with Gasteiger partial charge in [0.2, 0.25) is 5.89 Å². The smallest absolute Gasteiger partial charge is 0.339 e. The Balaban J connectivity index is 2.11. The summed E-state index contributed by atoms with van der Waals surface area (Å²) in [5, 5.41) is 3.61. The molecule has 1 fully saturated rings. The minimum atomic E-state index is -4.38. The van der Waals surface area contributed by atoms with Crippen molar-refractivity contribution in [2.45, 2.75) is 38.8 Å². The van der Waals surface area contributed by atoms with Crippen LogP contribution in [0.15, 0.2) is 4.52 Å². The third-order valence-corrected chi connectivity index (χ3v) is 5.21. The SMILES string of the molecule is CC(C)(Cc1nc([C@H]2CCS(=O)(=O)C2)no1)C(F)(F)F. The van der Waals surface area contributed by atoms with Crippen molar-refractivity contribution in [1.29, 1.82) is 0 Å². The minimum absolute atomic E-state index is 0.0512. The van der Waals surface area contributed by atoms with Crippen molar-refractivity contribution >= 4 is 9.84 Å². The van der Waals surface area contributed by atoms with Crippen molar-refractivity contribution in [3.8, 4) is 0 Å². The zero-order chi connectivity index (χ0) is 15.2. The van der Waals surface area contributed by atoms with Gasteiger partial charge >= 0.3 is 6.18 Å². The van der Waals surface area contributed by atoms with Gasteiger partial charge in [-0.25, -0.2) is 8.42 Å². The normalized spacial score (nSPS) is 23.1. The van der Waals surface area contributed by atoms with E-state index in [-0.39, 0.29) is 29.1 Å². The van der Waals surface area contributed by atoms with Crippen molar-refractivity contribution in [2.24, 2.45) is 5.41 Å². The van der Waals surface area contributed by atoms with Crippen LogP contribution in [-0.4, -0.2) is 36.2 Å². The fourth-order valence-electron chi connectivity index (χ4n) is 1.98. The summed E-state index contributed by atoms with van der Waals surface area (Å²) in [7, 11) is -3.09. The van der Waals surface area contributed by atoms with Crippen LogP contribution >= 0.6 is 0 Å². The molecule has 1 atom stereocenters. The standard InChI is InChI=1S/C11H15F3N2O3S/c1-10(2,11(12,13)14)5-8-15-9(16-19-8)7-3-4-20(17,18)6-7/h7H,3-6H2,1-2H3/t7-/m0/s1. The molecule has 0 radical (unpaired) electrons. The Hall–Kier alpha value is -1.12. The van der Waals surface area contributed by atoms with E-state index in [0.717, 1.165) is 13.8 Å². The number of alkyl halides is 3. The molecule has 1 aromatic heterocycles. The lowest BCUT2D eigenvalue weighted by molar-refractivity contribution is -0.212. The molecule has 0 aromatic carbocycles. The molecule has 0 bridgehead atoms. The van der Waals surface area contributed by atoms with E-state index in [0.29, 0.717) is 6.42 Å². The van der Waals surface area contributed by atoms with Crippen LogP contribution < -0.4 is 0 Å². The van der Waals surface area contributed by atoms with Crippen molar-refractivity contribution in [2.75, 3.05) is 11.5 Å². The van der Waals surface area contributed by atoms with Gasteiger partial charge in [0.1, 0.15) is 0 Å². The molecule has 1 saturated heterocycles. The lowest BCUT2D eigenvalue weighted by Gasteiger charge is -2.25. The van der Waals surface area contributed by atoms with Crippen molar-refractivity contribution < 1.29 is 26.1 Å². The highest BCUT2D eigenvalue weighted by Gasteiger charge is 2.48. The number of sulfone groups is 1. The predicted octanol–water partition coefficient (Wildman–Crippen LogP) is 2.10. The predicted molar refractivity (Wildman–Crippen MR) is 63.8 cm³/mol. The summed E-state index contributed by atoms with van der Waals surface area (Å²) >= 11 is 0. The van der Waals surface area contributed by atoms with Crippen LogP contribution in [0.5, 0.6) is 0 Å². The summed E-state index contributed by atoms with van der Waals surface area (Å²) in [5.41, 5.74) is -1.97. The molecular weight excluding hydrogens is 297 g/mol. The maximum absolute atomic E-state index is 12.8. The van der Waals surface area contributed by atoms with Gasteiger partial charge < -0.3 is 4.52 Å². The van der Waals surface area contributed by atoms with Gasteiger partial charge in [0.25, 0.3) is 0 Å². The van der Waals surface area contributed by atoms with E-state index < -0.39 is 27.8 Å². The van der Waals surface area contributed by atoms with Crippen LogP contribution in [0.25, 0.3) is 0 Å². The molecule has 2 rings (SSSR count). The van der Waals surface area contributed by atoms with Gasteiger partial charge in [-0.05, 0) is 6.42 Å². The molecule has 0 aliphatic carbocycles. The summed E-state index contributed by atoms with van der Waals surface area (Å²) in [6, 6.07) is 0. The minimum Gasteiger partial charge on any atom is -0.339 e. The topological polar surface area (TPSA) is 73.1 Å². The van der Waals surface area contributed by atoms with Crippen LogP contribution in [0, 0.1) is 5.41 Å². The number of halogens is 3. The van der Waals surface area contributed by atoms with Crippen LogP contribution in [-0.2, 0) is 16.3 Å². The first kappa shape index (κ1) is 15.3. The van der Waals surface area contributed by atoms with E-state index in [1.807, 2.05) is 0 Å². The van der Waals surface area contributed by atoms with Gasteiger partial charge in [-0.1, -0.05) is 19.0 Å². The average Bonchev–Trinajstić information content (AvgIpc) is 2.82. The zero-order valence-electron chi connectivity index (χ0n) is 11.1. The summed E-state index contributed by atoms with van der Waals surface area (Å²) in [5.74, 6) is -0.346. The van der Waals surface area contributed by atoms with Gasteiger partial charge in [0.05, 0.1) is 16.9 Å². The highest BCUT2D eigenvalue weighted by atomic mass is 32.2. The van der Waals surface area contributed by atoms with Crippen molar-refractivity contribution in [3.63, 3.8) is 0 Å². The summed E-state index contributed by atoms with van der Waals surface area (Å²) in [6.45, 7) is 2.10. The molecule has 0 amide bonds. The number of aromatic nitrogens is 2. The highest BCUT2D eigenvalue weighted by Crippen LogP contribution is 2.40. The molecule has 20 heavy (non-hydrogen) atoms. The van der Waals surface area contributed by atoms with E-state index in [2.05, 4.69) is 10.1 Å². The van der Waals surface area contributed by atoms with Gasteiger partial charge in [0, 0.05) is 12.3 Å². The van der Waals surface area contributed by atoms with Gasteiger partial charge in [0.15, 0.2) is 15.7 Å². The van der Waals surface area contributed by atoms with Gasteiger partial charge in [-0.2, -0.15) is 18.2 Å². The van der Waals surface area contributed by atoms with E-state index in [9.17, 15) is 21.6 Å². The quantitative estimate of drug-likeness (QED) is 0.854. The molecule has 0 N–H and O–H groups in total. The molecule has 0 spiro atoms. The highest BCUT2D eigenvalue weighted by molar-refractivity contribution is 7.91. The van der Waals surface area contributed by atoms with Crippen LogP contribution in [0.3, 0.4) is 0 Å². The summed E-state index contributed by atoms with van der Waals surface area (Å²) in [6.07, 6.45) is -4.43. The second-order valence-electron chi connectivity index (χ2n) is 5.70. The zero-order valence-corrected chi connectivity index (χ0v) is 11.9. The third-order valence-electron chi connectivity index (χ3n) is 3.44. The number of hydrogen-bond acceptors (Lipinski definition) is 5. The van der Waals surface area contributed by atoms with Gasteiger partial charge in [-0.15, -0.1) is 0 Å². The number of nitrogens with zero attached hydrogens (tertiary/aromatic N) is 2. The Labute approximate surface area is 114 Å². The first-order chi connectivity index (χ1) is 9.00. The van der Waals surface area contributed by atoms with E-state index >= 15 is 0 Å². The molecule has 1 aliphatic rings. The molecule has 5 nitrogen and oxygen atoms in total. The molecule has 9 heteroatoms. The molecule has 2 heterocycles. The Bertz CT molecular complexity index is 592. The Kier molecular flexibility index (Phi) is 3.60. The lowest BCUT2D eigenvalue weighted by Crippen LogP contribution is -2.34. The van der Waals surface area contributed by atoms with E-state index in [1.165, 1.54) is 0 Å². The molecular formula is C11H15F3N2O3S. The Morgan fingerprint density at radius 3 is 2.50 bits per heavy atom. The Morgan fingerprint density at radius 2 is 2.00 bits per heavy atom. The monoisotopic (exact) mass is 312 g/mol. The first-order valence-corrected chi connectivity index (χ1v) is 7.92. The fourth-order valence-corrected chi connectivity index (χ4v) is 3.72. The number of rotatable bonds is 3. The Morgan fingerprint density at radius 1 is 1.35 bits per heavy atom. The molecule has 0 saturated carbocycles. The lowest BCUT2D eigenvalue weighted by atomic mass is 9.88. The maximum Gasteiger partial charge on any atom is 0.394 e. The largest absolute Gasteiger partial charge is 0.394 e. The van der Waals surface area contributed by atoms with E-state index in [1.54, 1.807) is 0 Å². The second-order valence-corrected chi connectivity index (χ2v) is 7.93. The average molecular weight is 312 g/mol. The van der Waals surface area contributed by atoms with Crippen molar-refractivity contribution in [1.82, 2.24) is 10.1 Å². The van der Waals surface area contributed by atoms with E-state index in [4.69, 9.17) is 4.52 Å². The van der Waals surface area contributed by atoms with Crippen molar-refractivity contribution in [3.05, 3.63) is 11.7 Å². The second kappa shape index (κ2) is 4.71. The molecule has 1 aromatic rings. The number of hydrogen-bond donors (Lipinski definition) is 0. The summed E-state index contributed by atoms with van der Waals surface area (Å²) in [4.78, 5) is 3.91. The third kappa shape index (κ3) is 3.13.